The molecule has 0 radical (unpaired) electrons. The second-order valence-corrected chi connectivity index (χ2v) is 5.45. The van der Waals surface area contributed by atoms with E-state index >= 15 is 0 Å². The maximum atomic E-state index is 9.32. The van der Waals surface area contributed by atoms with Gasteiger partial charge in [-0.3, -0.25) is 4.90 Å². The van der Waals surface area contributed by atoms with Gasteiger partial charge in [-0.05, 0) is 51.3 Å². The summed E-state index contributed by atoms with van der Waals surface area (Å²) < 4.78 is 0. The molecular weight excluding hydrogens is 242 g/mol. The molecular formula is C11H26B2N4O2. The minimum atomic E-state index is -0.795. The van der Waals surface area contributed by atoms with Gasteiger partial charge in [0.05, 0.1) is 0 Å². The lowest BCUT2D eigenvalue weighted by atomic mass is 9.81. The molecule has 1 rings (SSSR count). The number of hydrogen-bond acceptors (Lipinski definition) is 4. The number of rotatable bonds is 5. The van der Waals surface area contributed by atoms with Crippen LogP contribution < -0.4 is 16.3 Å². The maximum Gasteiger partial charge on any atom is 0.431 e. The average Bonchev–Trinajstić information content (AvgIpc) is 2.35. The monoisotopic (exact) mass is 268 g/mol. The Morgan fingerprint density at radius 3 is 2.58 bits per heavy atom. The number of guanidine groups is 1. The van der Waals surface area contributed by atoms with E-state index in [1.54, 1.807) is 13.6 Å². The molecule has 0 aliphatic heterocycles. The van der Waals surface area contributed by atoms with Crippen LogP contribution in [0.1, 0.15) is 25.7 Å². The van der Waals surface area contributed by atoms with Crippen molar-refractivity contribution in [2.45, 2.75) is 39.3 Å². The van der Waals surface area contributed by atoms with Gasteiger partial charge in [-0.2, -0.15) is 0 Å². The first-order chi connectivity index (χ1) is 9.01. The standard InChI is InChI=1S/C11H26B2N4O2/c1-12(18)16-11(17-13(2)19)15-8-10-5-3-4-9(6-10)7-14/h9-10,18-19H,3-8,14H2,1-2H3,(H2,15,16,17). The summed E-state index contributed by atoms with van der Waals surface area (Å²) >= 11 is 0. The Labute approximate surface area is 116 Å². The molecule has 0 aromatic heterocycles. The van der Waals surface area contributed by atoms with Gasteiger partial charge >= 0.3 is 14.1 Å². The molecule has 1 aliphatic carbocycles. The van der Waals surface area contributed by atoms with Crippen molar-refractivity contribution in [1.29, 1.82) is 0 Å². The van der Waals surface area contributed by atoms with Crippen LogP contribution in [0.3, 0.4) is 0 Å². The molecule has 108 valence electrons. The summed E-state index contributed by atoms with van der Waals surface area (Å²) in [5, 5.41) is 24.6. The Kier molecular flexibility index (Phi) is 7.26. The summed E-state index contributed by atoms with van der Waals surface area (Å²) in [5.41, 5.74) is 5.73. The maximum absolute atomic E-state index is 9.32. The van der Waals surface area contributed by atoms with Crippen molar-refractivity contribution >= 4 is 20.1 Å². The van der Waals surface area contributed by atoms with Gasteiger partial charge in [0.2, 0.25) is 0 Å². The topological polar surface area (TPSA) is 103 Å². The lowest BCUT2D eigenvalue weighted by Gasteiger charge is -2.29. The number of nitrogens with zero attached hydrogens (tertiary/aromatic N) is 1. The molecule has 1 saturated carbocycles. The third kappa shape index (κ3) is 6.84. The van der Waals surface area contributed by atoms with Crippen LogP contribution in [-0.4, -0.2) is 43.2 Å². The molecule has 0 saturated heterocycles. The molecule has 6 nitrogen and oxygen atoms in total. The van der Waals surface area contributed by atoms with Crippen molar-refractivity contribution in [1.82, 2.24) is 10.5 Å². The molecule has 0 bridgehead atoms. The van der Waals surface area contributed by atoms with Crippen molar-refractivity contribution in [2.24, 2.45) is 22.5 Å². The summed E-state index contributed by atoms with van der Waals surface area (Å²) in [6.07, 6.45) is 4.79. The predicted octanol–water partition coefficient (Wildman–Crippen LogP) is -0.493. The fourth-order valence-electron chi connectivity index (χ4n) is 2.56. The van der Waals surface area contributed by atoms with Gasteiger partial charge in [0.25, 0.3) is 0 Å². The molecule has 0 heterocycles. The third-order valence-electron chi connectivity index (χ3n) is 3.44. The Morgan fingerprint density at radius 1 is 1.32 bits per heavy atom. The highest BCUT2D eigenvalue weighted by Gasteiger charge is 2.21. The number of hydrogen-bond donors (Lipinski definition) is 5. The summed E-state index contributed by atoms with van der Waals surface area (Å²) in [6, 6.07) is 0. The first kappa shape index (κ1) is 16.3. The quantitative estimate of drug-likeness (QED) is 0.263. The van der Waals surface area contributed by atoms with Gasteiger partial charge in [0.15, 0.2) is 5.96 Å². The van der Waals surface area contributed by atoms with E-state index < -0.39 is 14.1 Å². The zero-order valence-corrected chi connectivity index (χ0v) is 12.0. The first-order valence-electron chi connectivity index (χ1n) is 7.15. The third-order valence-corrected chi connectivity index (χ3v) is 3.44. The molecule has 0 amide bonds. The van der Waals surface area contributed by atoms with Crippen LogP contribution >= 0.6 is 0 Å². The lowest BCUT2D eigenvalue weighted by Crippen LogP contribution is -2.47. The second-order valence-electron chi connectivity index (χ2n) is 5.45. The first-order valence-corrected chi connectivity index (χ1v) is 7.15. The highest BCUT2D eigenvalue weighted by molar-refractivity contribution is 6.52. The summed E-state index contributed by atoms with van der Waals surface area (Å²) in [7, 11) is -1.50. The summed E-state index contributed by atoms with van der Waals surface area (Å²) in [6.45, 7) is 4.75. The van der Waals surface area contributed by atoms with Crippen molar-refractivity contribution in [2.75, 3.05) is 13.1 Å². The summed E-state index contributed by atoms with van der Waals surface area (Å²) in [4.78, 5) is 4.01. The number of nitrogens with two attached hydrogens (primary N) is 1. The van der Waals surface area contributed by atoms with Crippen LogP contribution in [-0.2, 0) is 0 Å². The highest BCUT2D eigenvalue weighted by atomic mass is 16.2. The van der Waals surface area contributed by atoms with Crippen LogP contribution in [0.25, 0.3) is 0 Å². The van der Waals surface area contributed by atoms with Crippen molar-refractivity contribution in [3.63, 3.8) is 0 Å². The second kappa shape index (κ2) is 8.45. The van der Waals surface area contributed by atoms with Gasteiger partial charge < -0.3 is 26.3 Å². The van der Waals surface area contributed by atoms with Crippen LogP contribution in [0.15, 0.2) is 4.90 Å². The fraction of sp³-hybridized carbons (Fsp3) is 0.909. The Balaban J connectivity index is 2.42. The molecule has 6 N–H and O–H groups in total. The molecule has 19 heavy (non-hydrogen) atoms. The molecule has 1 fully saturated rings. The van der Waals surface area contributed by atoms with E-state index in [4.69, 9.17) is 5.73 Å². The Morgan fingerprint density at radius 2 is 2.00 bits per heavy atom. The SMILES string of the molecule is CB(O)N=C(NCC1CCCC(CN)C1)NB(C)O. The molecule has 2 unspecified atom stereocenters. The number of nitrogens with one attached hydrogen (secondary N) is 2. The van der Waals surface area contributed by atoms with E-state index in [0.717, 1.165) is 19.5 Å². The van der Waals surface area contributed by atoms with Crippen molar-refractivity contribution < 1.29 is 10.0 Å². The fourth-order valence-corrected chi connectivity index (χ4v) is 2.56. The van der Waals surface area contributed by atoms with E-state index in [1.165, 1.54) is 19.3 Å². The molecule has 0 spiro atoms. The normalized spacial score (nSPS) is 23.9. The van der Waals surface area contributed by atoms with E-state index in [9.17, 15) is 10.0 Å². The van der Waals surface area contributed by atoms with Crippen molar-refractivity contribution in [3.05, 3.63) is 0 Å². The van der Waals surface area contributed by atoms with Crippen molar-refractivity contribution in [3.8, 4) is 0 Å². The van der Waals surface area contributed by atoms with E-state index in [1.807, 2.05) is 0 Å². The molecule has 8 heteroatoms. The van der Waals surface area contributed by atoms with Gasteiger partial charge in [-0.25, -0.2) is 0 Å². The summed E-state index contributed by atoms with van der Waals surface area (Å²) in [5.74, 6) is 1.65. The minimum Gasteiger partial charge on any atom is -0.433 e. The molecule has 2 atom stereocenters. The van der Waals surface area contributed by atoms with E-state index in [0.29, 0.717) is 17.8 Å². The predicted molar refractivity (Wildman–Crippen MR) is 80.7 cm³/mol. The van der Waals surface area contributed by atoms with Gasteiger partial charge in [-0.1, -0.05) is 6.42 Å². The lowest BCUT2D eigenvalue weighted by molar-refractivity contribution is 0.271. The highest BCUT2D eigenvalue weighted by Crippen LogP contribution is 2.27. The minimum absolute atomic E-state index is 0.444. The van der Waals surface area contributed by atoms with E-state index in [2.05, 4.69) is 15.4 Å². The van der Waals surface area contributed by atoms with Gasteiger partial charge in [-0.15, -0.1) is 0 Å². The largest absolute Gasteiger partial charge is 0.433 e. The molecule has 0 aromatic carbocycles. The molecule has 0 aromatic rings. The van der Waals surface area contributed by atoms with Gasteiger partial charge in [0.1, 0.15) is 0 Å². The zero-order valence-electron chi connectivity index (χ0n) is 12.0. The van der Waals surface area contributed by atoms with Crippen LogP contribution in [0.2, 0.25) is 13.6 Å². The van der Waals surface area contributed by atoms with Crippen LogP contribution in [0, 0.1) is 11.8 Å². The van der Waals surface area contributed by atoms with Crippen LogP contribution in [0.4, 0.5) is 0 Å². The molecule has 1 aliphatic rings. The van der Waals surface area contributed by atoms with Gasteiger partial charge in [0, 0.05) is 6.54 Å². The smallest absolute Gasteiger partial charge is 0.431 e. The Bertz CT molecular complexity index is 290. The van der Waals surface area contributed by atoms with E-state index in [-0.39, 0.29) is 0 Å². The average molecular weight is 268 g/mol. The zero-order chi connectivity index (χ0) is 14.3. The van der Waals surface area contributed by atoms with Crippen LogP contribution in [0.5, 0.6) is 0 Å². The Hall–Kier alpha value is -0.720.